The largest absolute Gasteiger partial charge is 0.478 e. The molecule has 19 heavy (non-hydrogen) atoms. The number of carboxylic acids is 1. The Morgan fingerprint density at radius 1 is 1.58 bits per heavy atom. The molecule has 1 aliphatic rings. The summed E-state index contributed by atoms with van der Waals surface area (Å²) in [5.41, 5.74) is 1.79. The third kappa shape index (κ3) is 3.26. The van der Waals surface area contributed by atoms with E-state index in [1.54, 1.807) is 13.0 Å². The molecule has 2 heterocycles. The van der Waals surface area contributed by atoms with Crippen molar-refractivity contribution in [2.45, 2.75) is 37.8 Å². The second-order valence-electron chi connectivity index (χ2n) is 4.68. The van der Waals surface area contributed by atoms with Crippen LogP contribution in [0.4, 0.5) is 0 Å². The number of carbonyl (C=O) groups is 2. The topological polar surface area (TPSA) is 79.3 Å². The van der Waals surface area contributed by atoms with Gasteiger partial charge >= 0.3 is 5.97 Å². The normalized spacial score (nSPS) is 18.4. The number of hydrogen-bond acceptors (Lipinski definition) is 4. The maximum absolute atomic E-state index is 11.3. The SMILES string of the molecule is Cc1cc(C)c(C(=O)O)c(SCC2CCC(=O)N2)n1. The standard InChI is InChI=1S/C13H16N2O3S/c1-7-5-8(2)14-12(11(7)13(17)18)19-6-9-3-4-10(16)15-9/h5,9H,3-4,6H2,1-2H3,(H,15,16)(H,17,18). The first kappa shape index (κ1) is 13.9. The van der Waals surface area contributed by atoms with E-state index in [0.717, 1.165) is 17.7 Å². The van der Waals surface area contributed by atoms with Crippen molar-refractivity contribution in [3.63, 3.8) is 0 Å². The smallest absolute Gasteiger partial charge is 0.338 e. The Kier molecular flexibility index (Phi) is 4.09. The number of carboxylic acid groups (broad SMARTS) is 1. The summed E-state index contributed by atoms with van der Waals surface area (Å²) < 4.78 is 0. The molecule has 0 aromatic carbocycles. The fraction of sp³-hybridized carbons (Fsp3) is 0.462. The van der Waals surface area contributed by atoms with Gasteiger partial charge in [-0.3, -0.25) is 4.79 Å². The minimum absolute atomic E-state index is 0.0671. The van der Waals surface area contributed by atoms with Crippen LogP contribution in [0.1, 0.15) is 34.5 Å². The molecule has 1 aromatic rings. The Labute approximate surface area is 115 Å². The van der Waals surface area contributed by atoms with Crippen LogP contribution in [0.5, 0.6) is 0 Å². The molecule has 1 saturated heterocycles. The number of nitrogens with zero attached hydrogens (tertiary/aromatic N) is 1. The van der Waals surface area contributed by atoms with Crippen LogP contribution in [0.3, 0.4) is 0 Å². The zero-order valence-corrected chi connectivity index (χ0v) is 11.7. The first-order valence-electron chi connectivity index (χ1n) is 6.11. The molecule has 1 unspecified atom stereocenters. The van der Waals surface area contributed by atoms with Crippen molar-refractivity contribution in [2.24, 2.45) is 0 Å². The Morgan fingerprint density at radius 3 is 2.89 bits per heavy atom. The Balaban J connectivity index is 2.15. The van der Waals surface area contributed by atoms with Crippen LogP contribution in [-0.2, 0) is 4.79 Å². The summed E-state index contributed by atoms with van der Waals surface area (Å²) in [6, 6.07) is 1.88. The zero-order valence-electron chi connectivity index (χ0n) is 10.9. The monoisotopic (exact) mass is 280 g/mol. The molecule has 6 heteroatoms. The van der Waals surface area contributed by atoms with E-state index in [0.29, 0.717) is 17.2 Å². The molecule has 1 amide bonds. The van der Waals surface area contributed by atoms with E-state index >= 15 is 0 Å². The van der Waals surface area contributed by atoms with Crippen LogP contribution in [0.15, 0.2) is 11.1 Å². The van der Waals surface area contributed by atoms with Gasteiger partial charge in [-0.25, -0.2) is 9.78 Å². The number of rotatable bonds is 4. The van der Waals surface area contributed by atoms with Crippen LogP contribution < -0.4 is 5.32 Å². The van der Waals surface area contributed by atoms with Crippen molar-refractivity contribution in [3.8, 4) is 0 Å². The molecule has 2 rings (SSSR count). The van der Waals surface area contributed by atoms with Crippen LogP contribution >= 0.6 is 11.8 Å². The number of aromatic carboxylic acids is 1. The van der Waals surface area contributed by atoms with Gasteiger partial charge in [-0.2, -0.15) is 0 Å². The lowest BCUT2D eigenvalue weighted by Gasteiger charge is -2.12. The number of aryl methyl sites for hydroxylation is 2. The second-order valence-corrected chi connectivity index (χ2v) is 5.69. The molecule has 2 N–H and O–H groups in total. The Hall–Kier alpha value is -1.56. The molecular weight excluding hydrogens is 264 g/mol. The Morgan fingerprint density at radius 2 is 2.32 bits per heavy atom. The van der Waals surface area contributed by atoms with Crippen molar-refractivity contribution >= 4 is 23.6 Å². The van der Waals surface area contributed by atoms with Crippen molar-refractivity contribution in [2.75, 3.05) is 5.75 Å². The molecule has 1 aromatic heterocycles. The highest BCUT2D eigenvalue weighted by Crippen LogP contribution is 2.26. The fourth-order valence-electron chi connectivity index (χ4n) is 2.15. The maximum atomic E-state index is 11.3. The van der Waals surface area contributed by atoms with Gasteiger partial charge < -0.3 is 10.4 Å². The van der Waals surface area contributed by atoms with Gasteiger partial charge in [0.05, 0.1) is 5.56 Å². The lowest BCUT2D eigenvalue weighted by molar-refractivity contribution is -0.119. The number of carbonyl (C=O) groups excluding carboxylic acids is 1. The lowest BCUT2D eigenvalue weighted by atomic mass is 10.1. The number of nitrogens with one attached hydrogen (secondary N) is 1. The van der Waals surface area contributed by atoms with E-state index in [-0.39, 0.29) is 17.5 Å². The highest BCUT2D eigenvalue weighted by atomic mass is 32.2. The van der Waals surface area contributed by atoms with Gasteiger partial charge in [0.1, 0.15) is 5.03 Å². The van der Waals surface area contributed by atoms with Crippen LogP contribution in [0, 0.1) is 13.8 Å². The first-order chi connectivity index (χ1) is 8.97. The van der Waals surface area contributed by atoms with Gasteiger partial charge in [-0.15, -0.1) is 11.8 Å². The van der Waals surface area contributed by atoms with E-state index in [2.05, 4.69) is 10.3 Å². The molecule has 5 nitrogen and oxygen atoms in total. The van der Waals surface area contributed by atoms with Gasteiger partial charge in [-0.05, 0) is 31.9 Å². The summed E-state index contributed by atoms with van der Waals surface area (Å²) >= 11 is 1.40. The summed E-state index contributed by atoms with van der Waals surface area (Å²) in [6.45, 7) is 3.62. The van der Waals surface area contributed by atoms with Crippen LogP contribution in [0.2, 0.25) is 0 Å². The highest BCUT2D eigenvalue weighted by Gasteiger charge is 2.22. The summed E-state index contributed by atoms with van der Waals surface area (Å²) in [5.74, 6) is -0.234. The summed E-state index contributed by atoms with van der Waals surface area (Å²) in [6.07, 6.45) is 1.36. The molecule has 0 spiro atoms. The molecule has 1 fully saturated rings. The van der Waals surface area contributed by atoms with Crippen molar-refractivity contribution in [3.05, 3.63) is 22.9 Å². The molecular formula is C13H16N2O3S. The molecule has 0 aliphatic carbocycles. The lowest BCUT2D eigenvalue weighted by Crippen LogP contribution is -2.27. The van der Waals surface area contributed by atoms with Gasteiger partial charge in [0, 0.05) is 23.9 Å². The molecule has 0 bridgehead atoms. The number of aromatic nitrogens is 1. The van der Waals surface area contributed by atoms with E-state index in [1.807, 2.05) is 6.92 Å². The molecule has 1 atom stereocenters. The summed E-state index contributed by atoms with van der Waals surface area (Å²) in [5, 5.41) is 12.6. The average Bonchev–Trinajstić information content (AvgIpc) is 2.71. The fourth-order valence-corrected chi connectivity index (χ4v) is 3.36. The van der Waals surface area contributed by atoms with E-state index < -0.39 is 5.97 Å². The van der Waals surface area contributed by atoms with Gasteiger partial charge in [0.25, 0.3) is 0 Å². The Bertz CT molecular complexity index is 531. The molecule has 0 saturated carbocycles. The van der Waals surface area contributed by atoms with E-state index in [9.17, 15) is 14.7 Å². The summed E-state index contributed by atoms with van der Waals surface area (Å²) in [7, 11) is 0. The zero-order chi connectivity index (χ0) is 14.0. The van der Waals surface area contributed by atoms with Gasteiger partial charge in [0.15, 0.2) is 0 Å². The maximum Gasteiger partial charge on any atom is 0.338 e. The summed E-state index contributed by atoms with van der Waals surface area (Å²) in [4.78, 5) is 26.7. The third-order valence-electron chi connectivity index (χ3n) is 3.03. The number of amides is 1. The molecule has 1 aliphatic heterocycles. The molecule has 102 valence electrons. The van der Waals surface area contributed by atoms with Crippen LogP contribution in [0.25, 0.3) is 0 Å². The minimum atomic E-state index is -0.956. The quantitative estimate of drug-likeness (QED) is 0.822. The van der Waals surface area contributed by atoms with E-state index in [1.165, 1.54) is 11.8 Å². The van der Waals surface area contributed by atoms with Crippen molar-refractivity contribution in [1.82, 2.24) is 10.3 Å². The van der Waals surface area contributed by atoms with Gasteiger partial charge in [-0.1, -0.05) is 0 Å². The minimum Gasteiger partial charge on any atom is -0.478 e. The number of pyridine rings is 1. The number of hydrogen-bond donors (Lipinski definition) is 2. The highest BCUT2D eigenvalue weighted by molar-refractivity contribution is 7.99. The predicted octanol–water partition coefficient (Wildman–Crippen LogP) is 1.77. The third-order valence-corrected chi connectivity index (χ3v) is 4.17. The van der Waals surface area contributed by atoms with Crippen molar-refractivity contribution in [1.29, 1.82) is 0 Å². The second kappa shape index (κ2) is 5.61. The molecule has 0 radical (unpaired) electrons. The van der Waals surface area contributed by atoms with Crippen molar-refractivity contribution < 1.29 is 14.7 Å². The first-order valence-corrected chi connectivity index (χ1v) is 7.09. The average molecular weight is 280 g/mol. The number of thioether (sulfide) groups is 1. The van der Waals surface area contributed by atoms with Crippen LogP contribution in [-0.4, -0.2) is 33.8 Å². The van der Waals surface area contributed by atoms with E-state index in [4.69, 9.17) is 0 Å². The van der Waals surface area contributed by atoms with Gasteiger partial charge in [0.2, 0.25) is 5.91 Å². The predicted molar refractivity (Wildman–Crippen MR) is 72.6 cm³/mol.